The summed E-state index contributed by atoms with van der Waals surface area (Å²) < 4.78 is 0. The second-order valence-corrected chi connectivity index (χ2v) is 4.37. The Labute approximate surface area is 99.8 Å². The van der Waals surface area contributed by atoms with Crippen molar-refractivity contribution < 1.29 is 10.0 Å². The van der Waals surface area contributed by atoms with Crippen molar-refractivity contribution in [2.75, 3.05) is 18.1 Å². The number of nitrogens with zero attached hydrogens (tertiary/aromatic N) is 2. The molecule has 0 aromatic heterocycles. The van der Waals surface area contributed by atoms with Crippen LogP contribution < -0.4 is 4.90 Å². The molecule has 1 saturated heterocycles. The Morgan fingerprint density at radius 1 is 1.59 bits per heavy atom. The van der Waals surface area contributed by atoms with E-state index in [0.717, 1.165) is 19.4 Å². The largest absolute Gasteiger partial charge is 0.394 e. The standard InChI is InChI=1S/C12H16N2O3/c1-9-4-2-6-11(12(9)14(16)17)13-7-3-5-10(13)8-15/h2,4,6,10,15H,3,5,7-8H2,1H3. The highest BCUT2D eigenvalue weighted by atomic mass is 16.6. The fourth-order valence-electron chi connectivity index (χ4n) is 2.46. The summed E-state index contributed by atoms with van der Waals surface area (Å²) in [7, 11) is 0. The highest BCUT2D eigenvalue weighted by molar-refractivity contribution is 5.67. The van der Waals surface area contributed by atoms with Crippen molar-refractivity contribution in [1.29, 1.82) is 0 Å². The molecule has 17 heavy (non-hydrogen) atoms. The SMILES string of the molecule is Cc1cccc(N2CCCC2CO)c1[N+](=O)[O-]. The van der Waals surface area contributed by atoms with Gasteiger partial charge in [-0.2, -0.15) is 0 Å². The van der Waals surface area contributed by atoms with E-state index in [9.17, 15) is 15.2 Å². The van der Waals surface area contributed by atoms with Crippen molar-refractivity contribution in [2.24, 2.45) is 0 Å². The number of hydrogen-bond acceptors (Lipinski definition) is 4. The molecule has 1 heterocycles. The van der Waals surface area contributed by atoms with Crippen LogP contribution in [0.1, 0.15) is 18.4 Å². The van der Waals surface area contributed by atoms with Gasteiger partial charge in [-0.3, -0.25) is 10.1 Å². The lowest BCUT2D eigenvalue weighted by Gasteiger charge is -2.25. The zero-order chi connectivity index (χ0) is 12.4. The third kappa shape index (κ3) is 2.10. The molecule has 1 fully saturated rings. The number of aryl methyl sites for hydroxylation is 1. The molecule has 1 unspecified atom stereocenters. The molecule has 0 bridgehead atoms. The molecule has 1 aliphatic rings. The van der Waals surface area contributed by atoms with Gasteiger partial charge in [0.2, 0.25) is 0 Å². The average Bonchev–Trinajstić information content (AvgIpc) is 2.75. The second kappa shape index (κ2) is 4.71. The molecular weight excluding hydrogens is 220 g/mol. The Balaban J connectivity index is 2.44. The summed E-state index contributed by atoms with van der Waals surface area (Å²) in [5.74, 6) is 0. The van der Waals surface area contributed by atoms with Gasteiger partial charge in [0.25, 0.3) is 5.69 Å². The quantitative estimate of drug-likeness (QED) is 0.642. The van der Waals surface area contributed by atoms with Crippen LogP contribution in [0.25, 0.3) is 0 Å². The van der Waals surface area contributed by atoms with Crippen molar-refractivity contribution in [3.8, 4) is 0 Å². The van der Waals surface area contributed by atoms with Gasteiger partial charge in [-0.1, -0.05) is 12.1 Å². The van der Waals surface area contributed by atoms with Crippen LogP contribution in [0.5, 0.6) is 0 Å². The number of para-hydroxylation sites is 1. The maximum atomic E-state index is 11.1. The lowest BCUT2D eigenvalue weighted by Crippen LogP contribution is -2.32. The molecule has 92 valence electrons. The molecule has 1 aliphatic heterocycles. The first kappa shape index (κ1) is 11.9. The minimum atomic E-state index is -0.336. The second-order valence-electron chi connectivity index (χ2n) is 4.37. The smallest absolute Gasteiger partial charge is 0.295 e. The van der Waals surface area contributed by atoms with E-state index in [4.69, 9.17) is 0 Å². The van der Waals surface area contributed by atoms with E-state index in [0.29, 0.717) is 11.3 Å². The van der Waals surface area contributed by atoms with Crippen LogP contribution in [0, 0.1) is 17.0 Å². The molecule has 1 N–H and O–H groups in total. The molecule has 1 aromatic rings. The maximum Gasteiger partial charge on any atom is 0.295 e. The molecule has 0 radical (unpaired) electrons. The number of nitro benzene ring substituents is 1. The third-order valence-corrected chi connectivity index (χ3v) is 3.30. The van der Waals surface area contributed by atoms with E-state index in [1.165, 1.54) is 0 Å². The van der Waals surface area contributed by atoms with Gasteiger partial charge in [-0.25, -0.2) is 0 Å². The van der Waals surface area contributed by atoms with E-state index in [-0.39, 0.29) is 23.3 Å². The fraction of sp³-hybridized carbons (Fsp3) is 0.500. The minimum Gasteiger partial charge on any atom is -0.394 e. The summed E-state index contributed by atoms with van der Waals surface area (Å²) in [4.78, 5) is 12.7. The van der Waals surface area contributed by atoms with Gasteiger partial charge in [0.05, 0.1) is 17.6 Å². The summed E-state index contributed by atoms with van der Waals surface area (Å²) in [6.07, 6.45) is 1.86. The summed E-state index contributed by atoms with van der Waals surface area (Å²) in [5.41, 5.74) is 1.45. The molecule has 0 saturated carbocycles. The normalized spacial score (nSPS) is 19.6. The van der Waals surface area contributed by atoms with Crippen LogP contribution in [0.15, 0.2) is 18.2 Å². The molecule has 0 spiro atoms. The monoisotopic (exact) mass is 236 g/mol. The Morgan fingerprint density at radius 3 is 3.00 bits per heavy atom. The number of nitro groups is 1. The van der Waals surface area contributed by atoms with E-state index in [2.05, 4.69) is 0 Å². The zero-order valence-corrected chi connectivity index (χ0v) is 9.80. The summed E-state index contributed by atoms with van der Waals surface area (Å²) in [6.45, 7) is 2.56. The van der Waals surface area contributed by atoms with Crippen molar-refractivity contribution in [3.63, 3.8) is 0 Å². The van der Waals surface area contributed by atoms with Crippen molar-refractivity contribution in [2.45, 2.75) is 25.8 Å². The number of aliphatic hydroxyl groups is 1. The highest BCUT2D eigenvalue weighted by Gasteiger charge is 2.29. The molecule has 0 aliphatic carbocycles. The average molecular weight is 236 g/mol. The van der Waals surface area contributed by atoms with E-state index in [1.54, 1.807) is 19.1 Å². The van der Waals surface area contributed by atoms with Crippen molar-refractivity contribution in [1.82, 2.24) is 0 Å². The number of hydrogen-bond donors (Lipinski definition) is 1. The summed E-state index contributed by atoms with van der Waals surface area (Å²) in [5, 5.41) is 20.4. The van der Waals surface area contributed by atoms with Gasteiger partial charge >= 0.3 is 0 Å². The molecule has 2 rings (SSSR count). The zero-order valence-electron chi connectivity index (χ0n) is 9.80. The predicted molar refractivity (Wildman–Crippen MR) is 65.3 cm³/mol. The Morgan fingerprint density at radius 2 is 2.35 bits per heavy atom. The molecular formula is C12H16N2O3. The fourth-order valence-corrected chi connectivity index (χ4v) is 2.46. The topological polar surface area (TPSA) is 66.6 Å². The first-order valence-corrected chi connectivity index (χ1v) is 5.76. The van der Waals surface area contributed by atoms with Crippen LogP contribution in [-0.2, 0) is 0 Å². The van der Waals surface area contributed by atoms with Gasteiger partial charge in [0.15, 0.2) is 0 Å². The van der Waals surface area contributed by atoms with Gasteiger partial charge in [-0.15, -0.1) is 0 Å². The van der Waals surface area contributed by atoms with Crippen LogP contribution in [0.2, 0.25) is 0 Å². The lowest BCUT2D eigenvalue weighted by molar-refractivity contribution is -0.384. The maximum absolute atomic E-state index is 11.1. The summed E-state index contributed by atoms with van der Waals surface area (Å²) >= 11 is 0. The first-order chi connectivity index (χ1) is 8.15. The van der Waals surface area contributed by atoms with E-state index >= 15 is 0 Å². The number of benzene rings is 1. The minimum absolute atomic E-state index is 0.00972. The van der Waals surface area contributed by atoms with Crippen LogP contribution in [-0.4, -0.2) is 29.2 Å². The summed E-state index contributed by atoms with van der Waals surface area (Å²) in [6, 6.07) is 5.34. The number of anilines is 1. The van der Waals surface area contributed by atoms with E-state index < -0.39 is 0 Å². The Hall–Kier alpha value is -1.62. The molecule has 0 amide bonds. The van der Waals surface area contributed by atoms with Gasteiger partial charge in [-0.05, 0) is 25.8 Å². The molecule has 1 atom stereocenters. The van der Waals surface area contributed by atoms with Crippen LogP contribution in [0.3, 0.4) is 0 Å². The Kier molecular flexibility index (Phi) is 3.28. The Bertz CT molecular complexity index is 434. The highest BCUT2D eigenvalue weighted by Crippen LogP contribution is 2.35. The van der Waals surface area contributed by atoms with Crippen LogP contribution >= 0.6 is 0 Å². The third-order valence-electron chi connectivity index (χ3n) is 3.30. The molecule has 5 heteroatoms. The number of aliphatic hydroxyl groups excluding tert-OH is 1. The predicted octanol–water partition coefficient (Wildman–Crippen LogP) is 1.86. The van der Waals surface area contributed by atoms with Gasteiger partial charge in [0, 0.05) is 12.1 Å². The molecule has 1 aromatic carbocycles. The number of rotatable bonds is 3. The lowest BCUT2D eigenvalue weighted by atomic mass is 10.1. The van der Waals surface area contributed by atoms with Crippen LogP contribution in [0.4, 0.5) is 11.4 Å². The van der Waals surface area contributed by atoms with Crippen molar-refractivity contribution in [3.05, 3.63) is 33.9 Å². The van der Waals surface area contributed by atoms with Gasteiger partial charge in [0.1, 0.15) is 5.69 Å². The first-order valence-electron chi connectivity index (χ1n) is 5.76. The van der Waals surface area contributed by atoms with Crippen molar-refractivity contribution >= 4 is 11.4 Å². The van der Waals surface area contributed by atoms with Gasteiger partial charge < -0.3 is 10.0 Å². The van der Waals surface area contributed by atoms with E-state index in [1.807, 2.05) is 11.0 Å². The molecule has 5 nitrogen and oxygen atoms in total.